The predicted octanol–water partition coefficient (Wildman–Crippen LogP) is 3.72. The molecule has 8 heteroatoms. The molecular weight excluding hydrogens is 424 g/mol. The van der Waals surface area contributed by atoms with Gasteiger partial charge in [-0.15, -0.1) is 0 Å². The number of hydrogen-bond donors (Lipinski definition) is 2. The van der Waals surface area contributed by atoms with E-state index in [9.17, 15) is 0 Å². The summed E-state index contributed by atoms with van der Waals surface area (Å²) in [5.41, 5.74) is 2.86. The van der Waals surface area contributed by atoms with Crippen LogP contribution < -0.4 is 4.74 Å². The number of oxime groups is 1. The van der Waals surface area contributed by atoms with Crippen LogP contribution in [0, 0.1) is 0 Å². The second kappa shape index (κ2) is 12.2. The zero-order valence-corrected chi connectivity index (χ0v) is 19.1. The first kappa shape index (κ1) is 25.4. The number of nitrogens with zero attached hydrogens (tertiary/aromatic N) is 2. The van der Waals surface area contributed by atoms with Crippen molar-refractivity contribution >= 4 is 28.4 Å². The Morgan fingerprint density at radius 1 is 0.939 bits per heavy atom. The van der Waals surface area contributed by atoms with Gasteiger partial charge in [0.05, 0.1) is 7.11 Å². The molecule has 0 aliphatic carbocycles. The molecule has 0 aliphatic heterocycles. The number of likely N-dealkylation sites (N-methyl/N-ethyl adjacent to an activating group) is 1. The molecule has 8 nitrogen and oxygen atoms in total. The Morgan fingerprint density at radius 3 is 2.12 bits per heavy atom. The van der Waals surface area contributed by atoms with E-state index in [4.69, 9.17) is 29.4 Å². The number of carbonyl (C=O) groups is 2. The zero-order valence-electron chi connectivity index (χ0n) is 19.1. The van der Waals surface area contributed by atoms with E-state index in [0.717, 1.165) is 34.5 Å². The van der Waals surface area contributed by atoms with Gasteiger partial charge in [-0.25, -0.2) is 9.59 Å². The lowest BCUT2D eigenvalue weighted by Crippen LogP contribution is -2.25. The highest BCUT2D eigenvalue weighted by Gasteiger charge is 2.13. The first-order valence-electron chi connectivity index (χ1n) is 10.2. The van der Waals surface area contributed by atoms with Gasteiger partial charge in [-0.2, -0.15) is 0 Å². The third-order valence-corrected chi connectivity index (χ3v) is 4.54. The summed E-state index contributed by atoms with van der Waals surface area (Å²) in [6.45, 7) is 2.83. The van der Waals surface area contributed by atoms with E-state index in [1.54, 1.807) is 7.11 Å². The first-order chi connectivity index (χ1) is 15.7. The van der Waals surface area contributed by atoms with E-state index in [1.807, 2.05) is 57.4 Å². The monoisotopic (exact) mass is 452 g/mol. The Morgan fingerprint density at radius 2 is 1.55 bits per heavy atom. The highest BCUT2D eigenvalue weighted by atomic mass is 16.6. The van der Waals surface area contributed by atoms with Crippen LogP contribution in [0.15, 0.2) is 71.9 Å². The molecule has 0 radical (unpaired) electrons. The van der Waals surface area contributed by atoms with Crippen molar-refractivity contribution in [2.24, 2.45) is 5.16 Å². The fourth-order valence-corrected chi connectivity index (χ4v) is 3.13. The summed E-state index contributed by atoms with van der Waals surface area (Å²) in [5, 5.41) is 21.7. The number of benzene rings is 3. The Kier molecular flexibility index (Phi) is 9.38. The van der Waals surface area contributed by atoms with Crippen LogP contribution in [0.25, 0.3) is 10.8 Å². The second-order valence-electron chi connectivity index (χ2n) is 7.48. The van der Waals surface area contributed by atoms with Crippen LogP contribution in [0.5, 0.6) is 5.75 Å². The summed E-state index contributed by atoms with van der Waals surface area (Å²) in [6.07, 6.45) is -0.0109. The molecule has 0 fully saturated rings. The van der Waals surface area contributed by atoms with Gasteiger partial charge in [0.2, 0.25) is 0 Å². The molecule has 3 rings (SSSR count). The smallest absolute Gasteiger partial charge is 0.414 e. The third-order valence-electron chi connectivity index (χ3n) is 4.54. The van der Waals surface area contributed by atoms with Gasteiger partial charge >= 0.3 is 11.9 Å². The third kappa shape index (κ3) is 7.62. The second-order valence-corrected chi connectivity index (χ2v) is 7.48. The standard InChI is InChI=1S/C23H26N2O2.C2H2O4/c1-17(16-25(2)3)27-24-23(19-12-14-20(26-4)15-13-19)22-11-7-9-18-8-5-6-10-21(18)22;3-1(4)2(5)6/h5-15,17H,16H2,1-4H3;(H,3,4)(H,5,6)/b24-23+;. The Bertz CT molecular complexity index is 1090. The van der Waals surface area contributed by atoms with Gasteiger partial charge in [-0.3, -0.25) is 0 Å². The molecule has 0 saturated heterocycles. The van der Waals surface area contributed by atoms with Gasteiger partial charge in [-0.1, -0.05) is 47.6 Å². The molecule has 0 amide bonds. The van der Waals surface area contributed by atoms with Gasteiger partial charge in [0.25, 0.3) is 0 Å². The minimum Gasteiger partial charge on any atom is -0.497 e. The van der Waals surface area contributed by atoms with Gasteiger partial charge in [-0.05, 0) is 56.1 Å². The molecule has 174 valence electrons. The van der Waals surface area contributed by atoms with Crippen molar-refractivity contribution in [1.29, 1.82) is 0 Å². The molecular formula is C25H28N2O6. The van der Waals surface area contributed by atoms with Crippen molar-refractivity contribution in [3.63, 3.8) is 0 Å². The lowest BCUT2D eigenvalue weighted by molar-refractivity contribution is -0.159. The average Bonchev–Trinajstić information content (AvgIpc) is 2.79. The zero-order chi connectivity index (χ0) is 24.4. The number of carboxylic acids is 2. The maximum atomic E-state index is 9.10. The molecule has 3 aromatic carbocycles. The molecule has 1 unspecified atom stereocenters. The Hall–Kier alpha value is -3.91. The van der Waals surface area contributed by atoms with Gasteiger partial charge in [0, 0.05) is 17.7 Å². The van der Waals surface area contributed by atoms with Crippen molar-refractivity contribution in [2.75, 3.05) is 27.7 Å². The molecule has 0 saturated carbocycles. The maximum absolute atomic E-state index is 9.10. The molecule has 3 aromatic rings. The van der Waals surface area contributed by atoms with Crippen molar-refractivity contribution in [3.05, 3.63) is 77.9 Å². The Labute approximate surface area is 192 Å². The van der Waals surface area contributed by atoms with E-state index in [1.165, 1.54) is 5.39 Å². The fraction of sp³-hybridized carbons (Fsp3) is 0.240. The number of rotatable bonds is 7. The summed E-state index contributed by atoms with van der Waals surface area (Å²) >= 11 is 0. The van der Waals surface area contributed by atoms with E-state index in [0.29, 0.717) is 0 Å². The van der Waals surface area contributed by atoms with Crippen LogP contribution >= 0.6 is 0 Å². The van der Waals surface area contributed by atoms with E-state index in [-0.39, 0.29) is 6.10 Å². The van der Waals surface area contributed by atoms with Crippen LogP contribution in [0.3, 0.4) is 0 Å². The summed E-state index contributed by atoms with van der Waals surface area (Å²) in [5.74, 6) is -2.83. The van der Waals surface area contributed by atoms with Gasteiger partial charge < -0.3 is 24.7 Å². The number of hydrogen-bond acceptors (Lipinski definition) is 6. The van der Waals surface area contributed by atoms with Crippen LogP contribution in [-0.2, 0) is 14.4 Å². The summed E-state index contributed by atoms with van der Waals surface area (Å²) < 4.78 is 5.29. The van der Waals surface area contributed by atoms with Crippen molar-refractivity contribution < 1.29 is 29.4 Å². The lowest BCUT2D eigenvalue weighted by atomic mass is 9.96. The van der Waals surface area contributed by atoms with Crippen LogP contribution in [0.1, 0.15) is 18.1 Å². The molecule has 1 atom stereocenters. The number of aliphatic carboxylic acids is 2. The first-order valence-corrected chi connectivity index (χ1v) is 10.2. The number of methoxy groups -OCH3 is 1. The summed E-state index contributed by atoms with van der Waals surface area (Å²) in [7, 11) is 5.72. The van der Waals surface area contributed by atoms with Crippen LogP contribution in [0.2, 0.25) is 0 Å². The maximum Gasteiger partial charge on any atom is 0.414 e. The number of carboxylic acid groups (broad SMARTS) is 2. The largest absolute Gasteiger partial charge is 0.497 e. The Balaban J connectivity index is 0.000000569. The number of fused-ring (bicyclic) bond motifs is 1. The molecule has 0 heterocycles. The van der Waals surface area contributed by atoms with E-state index < -0.39 is 11.9 Å². The van der Waals surface area contributed by atoms with Crippen molar-refractivity contribution in [3.8, 4) is 5.75 Å². The highest BCUT2D eigenvalue weighted by molar-refractivity contribution is 6.27. The minimum absolute atomic E-state index is 0.0109. The topological polar surface area (TPSA) is 109 Å². The normalized spacial score (nSPS) is 12.0. The molecule has 2 N–H and O–H groups in total. The molecule has 0 aromatic heterocycles. The van der Waals surface area contributed by atoms with Crippen molar-refractivity contribution in [2.45, 2.75) is 13.0 Å². The molecule has 33 heavy (non-hydrogen) atoms. The fourth-order valence-electron chi connectivity index (χ4n) is 3.13. The quantitative estimate of drug-likeness (QED) is 0.319. The lowest BCUT2D eigenvalue weighted by Gasteiger charge is -2.17. The highest BCUT2D eigenvalue weighted by Crippen LogP contribution is 2.23. The van der Waals surface area contributed by atoms with E-state index in [2.05, 4.69) is 40.4 Å². The van der Waals surface area contributed by atoms with E-state index >= 15 is 0 Å². The molecule has 0 bridgehead atoms. The van der Waals surface area contributed by atoms with Crippen molar-refractivity contribution in [1.82, 2.24) is 4.90 Å². The van der Waals surface area contributed by atoms with Gasteiger partial charge in [0.1, 0.15) is 17.6 Å². The average molecular weight is 453 g/mol. The predicted molar refractivity (Wildman–Crippen MR) is 127 cm³/mol. The van der Waals surface area contributed by atoms with Crippen LogP contribution in [-0.4, -0.2) is 66.6 Å². The molecule has 0 aliphatic rings. The van der Waals surface area contributed by atoms with Crippen LogP contribution in [0.4, 0.5) is 0 Å². The minimum atomic E-state index is -1.82. The van der Waals surface area contributed by atoms with Gasteiger partial charge in [0.15, 0.2) is 0 Å². The number of ether oxygens (including phenoxy) is 1. The SMILES string of the molecule is COc1ccc(/C(=N\OC(C)CN(C)C)c2cccc3ccccc23)cc1.O=C(O)C(=O)O. The summed E-state index contributed by atoms with van der Waals surface area (Å²) in [4.78, 5) is 26.1. The summed E-state index contributed by atoms with van der Waals surface area (Å²) in [6, 6.07) is 22.5. The molecule has 0 spiro atoms.